The van der Waals surface area contributed by atoms with Crippen molar-refractivity contribution in [2.45, 2.75) is 52.9 Å². The van der Waals surface area contributed by atoms with Crippen LogP contribution in [0.4, 0.5) is 0 Å². The smallest absolute Gasteiger partial charge is 0.352 e. The number of hydrogen-bond donors (Lipinski definition) is 1. The first kappa shape index (κ1) is 19.7. The van der Waals surface area contributed by atoms with Crippen LogP contribution >= 0.6 is 0 Å². The molecule has 3 rings (SSSR count). The number of carbonyl (C=O) groups excluding carboxylic acids is 3. The summed E-state index contributed by atoms with van der Waals surface area (Å²) in [6, 6.07) is 7.03. The first-order valence-corrected chi connectivity index (χ1v) is 9.07. The number of rotatable bonds is 5. The SMILES string of the molecule is CC(=O)c1c(C)[nH]c(C(=O)C(C)OC(=O)C2Oc3ccccc3OC2C)c1C. The number of aryl methyl sites for hydroxylation is 1. The first-order valence-electron chi connectivity index (χ1n) is 9.07. The van der Waals surface area contributed by atoms with E-state index in [0.29, 0.717) is 28.3 Å². The van der Waals surface area contributed by atoms with Crippen molar-refractivity contribution in [2.75, 3.05) is 0 Å². The van der Waals surface area contributed by atoms with E-state index < -0.39 is 30.1 Å². The number of benzene rings is 1. The van der Waals surface area contributed by atoms with Crippen molar-refractivity contribution in [3.8, 4) is 11.5 Å². The number of esters is 1. The average molecular weight is 385 g/mol. The fourth-order valence-electron chi connectivity index (χ4n) is 3.40. The Morgan fingerprint density at radius 2 is 1.71 bits per heavy atom. The van der Waals surface area contributed by atoms with Crippen LogP contribution in [0.15, 0.2) is 24.3 Å². The summed E-state index contributed by atoms with van der Waals surface area (Å²) in [6.07, 6.45) is -2.59. The highest BCUT2D eigenvalue weighted by atomic mass is 16.6. The van der Waals surface area contributed by atoms with E-state index in [4.69, 9.17) is 14.2 Å². The number of nitrogens with one attached hydrogen (secondary N) is 1. The van der Waals surface area contributed by atoms with Crippen molar-refractivity contribution in [1.82, 2.24) is 4.98 Å². The minimum atomic E-state index is -1.04. The summed E-state index contributed by atoms with van der Waals surface area (Å²) in [5.41, 5.74) is 1.91. The molecule has 1 aromatic heterocycles. The maximum Gasteiger partial charge on any atom is 0.352 e. The van der Waals surface area contributed by atoms with Crippen molar-refractivity contribution in [3.05, 3.63) is 46.8 Å². The lowest BCUT2D eigenvalue weighted by molar-refractivity contribution is -0.160. The molecule has 0 fully saturated rings. The van der Waals surface area contributed by atoms with Crippen molar-refractivity contribution < 1.29 is 28.6 Å². The van der Waals surface area contributed by atoms with Crippen LogP contribution in [0.5, 0.6) is 11.5 Å². The number of H-pyrrole nitrogens is 1. The molecule has 0 aliphatic carbocycles. The Bertz CT molecular complexity index is 944. The molecule has 1 aliphatic heterocycles. The molecule has 3 atom stereocenters. The van der Waals surface area contributed by atoms with Gasteiger partial charge in [0.2, 0.25) is 11.9 Å². The molecule has 1 aromatic carbocycles. The minimum absolute atomic E-state index is 0.129. The molecule has 28 heavy (non-hydrogen) atoms. The van der Waals surface area contributed by atoms with Gasteiger partial charge < -0.3 is 19.2 Å². The highest BCUT2D eigenvalue weighted by Crippen LogP contribution is 2.34. The third-order valence-corrected chi connectivity index (χ3v) is 4.77. The van der Waals surface area contributed by atoms with Crippen LogP contribution in [-0.2, 0) is 9.53 Å². The van der Waals surface area contributed by atoms with E-state index in [1.807, 2.05) is 6.07 Å². The van der Waals surface area contributed by atoms with Crippen LogP contribution in [0, 0.1) is 13.8 Å². The molecule has 0 bridgehead atoms. The summed E-state index contributed by atoms with van der Waals surface area (Å²) in [4.78, 5) is 40.0. The van der Waals surface area contributed by atoms with Crippen molar-refractivity contribution in [1.29, 1.82) is 0 Å². The van der Waals surface area contributed by atoms with Crippen LogP contribution in [0.1, 0.15) is 52.9 Å². The molecule has 0 spiro atoms. The summed E-state index contributed by atoms with van der Waals surface area (Å²) in [5, 5.41) is 0. The van der Waals surface area contributed by atoms with E-state index in [-0.39, 0.29) is 11.5 Å². The van der Waals surface area contributed by atoms with Gasteiger partial charge in [-0.1, -0.05) is 12.1 Å². The second kappa shape index (κ2) is 7.50. The number of Topliss-reactive ketones (excluding diaryl/α,β-unsaturated/α-hetero) is 2. The molecule has 7 nitrogen and oxygen atoms in total. The van der Waals surface area contributed by atoms with Gasteiger partial charge in [0.05, 0.1) is 5.69 Å². The number of carbonyl (C=O) groups is 3. The van der Waals surface area contributed by atoms with Gasteiger partial charge in [0.25, 0.3) is 0 Å². The lowest BCUT2D eigenvalue weighted by atomic mass is 10.0. The topological polar surface area (TPSA) is 94.7 Å². The summed E-state index contributed by atoms with van der Waals surface area (Å²) >= 11 is 0. The Morgan fingerprint density at radius 1 is 1.11 bits per heavy atom. The summed E-state index contributed by atoms with van der Waals surface area (Å²) in [5.74, 6) is -0.224. The largest absolute Gasteiger partial charge is 0.482 e. The van der Waals surface area contributed by atoms with Gasteiger partial charge in [-0.25, -0.2) is 4.79 Å². The molecule has 0 saturated carbocycles. The molecule has 0 amide bonds. The molecular formula is C21H23NO6. The lowest BCUT2D eigenvalue weighted by Gasteiger charge is -2.30. The Kier molecular flexibility index (Phi) is 5.27. The fraction of sp³-hybridized carbons (Fsp3) is 0.381. The van der Waals surface area contributed by atoms with Crippen LogP contribution in [0.2, 0.25) is 0 Å². The van der Waals surface area contributed by atoms with E-state index in [1.54, 1.807) is 39.0 Å². The van der Waals surface area contributed by atoms with Crippen molar-refractivity contribution in [2.24, 2.45) is 0 Å². The highest BCUT2D eigenvalue weighted by Gasteiger charge is 2.37. The van der Waals surface area contributed by atoms with E-state index in [1.165, 1.54) is 13.8 Å². The average Bonchev–Trinajstić information content (AvgIpc) is 2.94. The minimum Gasteiger partial charge on any atom is -0.482 e. The summed E-state index contributed by atoms with van der Waals surface area (Å²) in [7, 11) is 0. The predicted octanol–water partition coefficient (Wildman–Crippen LogP) is 3.18. The Morgan fingerprint density at radius 3 is 2.29 bits per heavy atom. The van der Waals surface area contributed by atoms with Crippen LogP contribution in [-0.4, -0.2) is 40.8 Å². The number of fused-ring (bicyclic) bond motifs is 1. The number of ketones is 2. The van der Waals surface area contributed by atoms with Gasteiger partial charge in [0.1, 0.15) is 6.10 Å². The molecule has 1 N–H and O–H groups in total. The van der Waals surface area contributed by atoms with Gasteiger partial charge in [0, 0.05) is 11.3 Å². The van der Waals surface area contributed by atoms with Gasteiger partial charge in [-0.15, -0.1) is 0 Å². The van der Waals surface area contributed by atoms with Crippen LogP contribution in [0.3, 0.4) is 0 Å². The Labute approximate surface area is 163 Å². The zero-order valence-corrected chi connectivity index (χ0v) is 16.5. The molecule has 3 unspecified atom stereocenters. The molecule has 0 radical (unpaired) electrons. The maximum atomic E-state index is 12.8. The number of aromatic amines is 1. The van der Waals surface area contributed by atoms with E-state index in [2.05, 4.69) is 4.98 Å². The Hall–Kier alpha value is -3.09. The lowest BCUT2D eigenvalue weighted by Crippen LogP contribution is -2.46. The maximum absolute atomic E-state index is 12.8. The summed E-state index contributed by atoms with van der Waals surface area (Å²) in [6.45, 7) is 8.06. The van der Waals surface area contributed by atoms with Gasteiger partial charge in [-0.2, -0.15) is 0 Å². The monoisotopic (exact) mass is 385 g/mol. The van der Waals surface area contributed by atoms with Gasteiger partial charge in [-0.05, 0) is 52.3 Å². The number of aromatic nitrogens is 1. The van der Waals surface area contributed by atoms with Crippen LogP contribution in [0.25, 0.3) is 0 Å². The predicted molar refractivity (Wildman–Crippen MR) is 101 cm³/mol. The zero-order chi connectivity index (χ0) is 20.6. The standard InChI is InChI=1S/C21H23NO6/c1-10-17(12(3)23)11(2)22-18(10)19(24)13(4)27-21(25)20-14(5)26-15-8-6-7-9-16(15)28-20/h6-9,13-14,20,22H,1-5H3. The number of ether oxygens (including phenoxy) is 3. The van der Waals surface area contributed by atoms with Gasteiger partial charge in [-0.3, -0.25) is 9.59 Å². The molecule has 2 aromatic rings. The van der Waals surface area contributed by atoms with E-state index in [0.717, 1.165) is 0 Å². The fourth-order valence-corrected chi connectivity index (χ4v) is 3.40. The zero-order valence-electron chi connectivity index (χ0n) is 16.5. The molecule has 7 heteroatoms. The van der Waals surface area contributed by atoms with Gasteiger partial charge >= 0.3 is 5.97 Å². The van der Waals surface area contributed by atoms with Crippen molar-refractivity contribution in [3.63, 3.8) is 0 Å². The highest BCUT2D eigenvalue weighted by molar-refractivity contribution is 6.05. The number of hydrogen-bond acceptors (Lipinski definition) is 6. The normalized spacial score (nSPS) is 19.0. The van der Waals surface area contributed by atoms with E-state index in [9.17, 15) is 14.4 Å². The second-order valence-corrected chi connectivity index (χ2v) is 6.93. The number of para-hydroxylation sites is 2. The van der Waals surface area contributed by atoms with Crippen molar-refractivity contribution >= 4 is 17.5 Å². The Balaban J connectivity index is 1.73. The molecule has 2 heterocycles. The van der Waals surface area contributed by atoms with E-state index >= 15 is 0 Å². The molecular weight excluding hydrogens is 362 g/mol. The van der Waals surface area contributed by atoms with Crippen LogP contribution < -0.4 is 9.47 Å². The third kappa shape index (κ3) is 3.52. The third-order valence-electron chi connectivity index (χ3n) is 4.77. The molecule has 1 aliphatic rings. The second-order valence-electron chi connectivity index (χ2n) is 6.93. The molecule has 148 valence electrons. The quantitative estimate of drug-likeness (QED) is 0.627. The van der Waals surface area contributed by atoms with Gasteiger partial charge in [0.15, 0.2) is 23.4 Å². The first-order chi connectivity index (χ1) is 13.2. The summed E-state index contributed by atoms with van der Waals surface area (Å²) < 4.78 is 16.8. The molecule has 0 saturated heterocycles.